The van der Waals surface area contributed by atoms with Gasteiger partial charge in [0.1, 0.15) is 0 Å². The SMILES string of the molecule is CC(=O)c1ccc(C2=CSC3=NC4(C=C(c5ccccc5)N23)C(=O)Nc2ccccc24)cc1. The fourth-order valence-electron chi connectivity index (χ4n) is 4.48. The van der Waals surface area contributed by atoms with Crippen LogP contribution in [0.15, 0.2) is 95.3 Å². The molecular weight excluding hydrogens is 430 g/mol. The van der Waals surface area contributed by atoms with E-state index in [1.165, 1.54) is 11.8 Å². The predicted molar refractivity (Wildman–Crippen MR) is 132 cm³/mol. The summed E-state index contributed by atoms with van der Waals surface area (Å²) in [7, 11) is 0. The molecule has 1 atom stereocenters. The third-order valence-electron chi connectivity index (χ3n) is 6.16. The average molecular weight is 450 g/mol. The maximum atomic E-state index is 13.3. The Bertz CT molecular complexity index is 1410. The van der Waals surface area contributed by atoms with E-state index in [9.17, 15) is 9.59 Å². The van der Waals surface area contributed by atoms with Gasteiger partial charge in [0, 0.05) is 22.2 Å². The topological polar surface area (TPSA) is 61.8 Å². The molecule has 3 aliphatic rings. The zero-order valence-corrected chi connectivity index (χ0v) is 18.6. The molecule has 1 unspecified atom stereocenters. The van der Waals surface area contributed by atoms with Crippen molar-refractivity contribution in [2.45, 2.75) is 12.5 Å². The molecule has 5 nitrogen and oxygen atoms in total. The van der Waals surface area contributed by atoms with Gasteiger partial charge in [-0.3, -0.25) is 14.5 Å². The summed E-state index contributed by atoms with van der Waals surface area (Å²) in [5.74, 6) is -0.113. The third-order valence-corrected chi connectivity index (χ3v) is 6.98. The molecule has 6 heteroatoms. The maximum absolute atomic E-state index is 13.3. The van der Waals surface area contributed by atoms with E-state index >= 15 is 0 Å². The Hall–Kier alpha value is -3.90. The van der Waals surface area contributed by atoms with E-state index in [-0.39, 0.29) is 11.7 Å². The summed E-state index contributed by atoms with van der Waals surface area (Å²) in [6.45, 7) is 1.56. The number of aliphatic imine (C=N–C) groups is 1. The molecule has 0 fully saturated rings. The summed E-state index contributed by atoms with van der Waals surface area (Å²) < 4.78 is 0. The minimum atomic E-state index is -1.11. The first-order chi connectivity index (χ1) is 16.1. The van der Waals surface area contributed by atoms with E-state index < -0.39 is 5.54 Å². The van der Waals surface area contributed by atoms with Crippen LogP contribution in [0.4, 0.5) is 5.69 Å². The smallest absolute Gasteiger partial charge is 0.261 e. The van der Waals surface area contributed by atoms with E-state index in [4.69, 9.17) is 4.99 Å². The minimum absolute atomic E-state index is 0.0364. The number of nitrogens with one attached hydrogen (secondary N) is 1. The van der Waals surface area contributed by atoms with Gasteiger partial charge in [0.15, 0.2) is 16.5 Å². The van der Waals surface area contributed by atoms with Crippen molar-refractivity contribution in [1.82, 2.24) is 4.90 Å². The zero-order valence-electron chi connectivity index (χ0n) is 17.8. The molecule has 0 radical (unpaired) electrons. The summed E-state index contributed by atoms with van der Waals surface area (Å²) in [5.41, 5.74) is 5.05. The van der Waals surface area contributed by atoms with Crippen LogP contribution in [0.25, 0.3) is 11.4 Å². The number of nitrogens with zero attached hydrogens (tertiary/aromatic N) is 2. The quantitative estimate of drug-likeness (QED) is 0.537. The number of ketones is 1. The molecular formula is C27H19N3O2S. The molecule has 3 heterocycles. The van der Waals surface area contributed by atoms with E-state index in [0.29, 0.717) is 5.56 Å². The number of hydrogen-bond acceptors (Lipinski definition) is 5. The highest BCUT2D eigenvalue weighted by Gasteiger charge is 2.50. The standard InChI is InChI=1S/C27H19N3O2S/c1-17(31)18-11-13-20(14-12-18)24-16-33-26-29-27(21-9-5-6-10-22(21)28-25(27)32)15-23(30(24)26)19-7-3-2-4-8-19/h2-16H,1H3,(H,28,32). The summed E-state index contributed by atoms with van der Waals surface area (Å²) in [6.07, 6.45) is 1.97. The summed E-state index contributed by atoms with van der Waals surface area (Å²) in [6, 6.07) is 25.4. The van der Waals surface area contributed by atoms with E-state index in [1.807, 2.05) is 84.9 Å². The number of carbonyl (C=O) groups is 2. The van der Waals surface area contributed by atoms with Crippen LogP contribution >= 0.6 is 11.8 Å². The highest BCUT2D eigenvalue weighted by atomic mass is 32.2. The molecule has 0 bridgehead atoms. The maximum Gasteiger partial charge on any atom is 0.261 e. The first kappa shape index (κ1) is 19.8. The van der Waals surface area contributed by atoms with Gasteiger partial charge in [-0.25, -0.2) is 4.99 Å². The number of Topliss-reactive ketones (excluding diaryl/α,β-unsaturated/α-hetero) is 1. The van der Waals surface area contributed by atoms with Crippen molar-refractivity contribution in [2.75, 3.05) is 5.32 Å². The van der Waals surface area contributed by atoms with Gasteiger partial charge in [0.05, 0.1) is 11.4 Å². The molecule has 3 aliphatic heterocycles. The normalized spacial score (nSPS) is 20.6. The Balaban J connectivity index is 1.52. The molecule has 160 valence electrons. The van der Waals surface area contributed by atoms with Crippen molar-refractivity contribution in [1.29, 1.82) is 0 Å². The van der Waals surface area contributed by atoms with Gasteiger partial charge < -0.3 is 5.32 Å². The lowest BCUT2D eigenvalue weighted by Crippen LogP contribution is -2.38. The minimum Gasteiger partial charge on any atom is -0.323 e. The van der Waals surface area contributed by atoms with Crippen LogP contribution in [0.3, 0.4) is 0 Å². The first-order valence-electron chi connectivity index (χ1n) is 10.6. The lowest BCUT2D eigenvalue weighted by molar-refractivity contribution is -0.119. The molecule has 0 saturated heterocycles. The van der Waals surface area contributed by atoms with Crippen LogP contribution in [0.5, 0.6) is 0 Å². The van der Waals surface area contributed by atoms with Gasteiger partial charge in [-0.1, -0.05) is 84.6 Å². The molecule has 0 saturated carbocycles. The lowest BCUT2D eigenvalue weighted by Gasteiger charge is -2.34. The highest BCUT2D eigenvalue weighted by molar-refractivity contribution is 8.16. The van der Waals surface area contributed by atoms with E-state index in [0.717, 1.165) is 38.9 Å². The average Bonchev–Trinajstić information content (AvgIpc) is 3.38. The fourth-order valence-corrected chi connectivity index (χ4v) is 5.44. The molecule has 1 amide bonds. The molecule has 1 N–H and O–H groups in total. The molecule has 3 aromatic rings. The molecule has 0 aliphatic carbocycles. The van der Waals surface area contributed by atoms with Crippen molar-refractivity contribution < 1.29 is 9.59 Å². The molecule has 6 rings (SSSR count). The van der Waals surface area contributed by atoms with Crippen molar-refractivity contribution >= 4 is 45.7 Å². The van der Waals surface area contributed by atoms with Crippen molar-refractivity contribution in [2.24, 2.45) is 4.99 Å². The van der Waals surface area contributed by atoms with Crippen molar-refractivity contribution in [3.05, 3.63) is 113 Å². The Kier molecular flexibility index (Phi) is 4.38. The van der Waals surface area contributed by atoms with E-state index in [1.54, 1.807) is 6.92 Å². The summed E-state index contributed by atoms with van der Waals surface area (Å²) in [4.78, 5) is 32.1. The summed E-state index contributed by atoms with van der Waals surface area (Å²) >= 11 is 1.50. The Labute approximate surface area is 195 Å². The van der Waals surface area contributed by atoms with Gasteiger partial charge in [-0.05, 0) is 30.2 Å². The lowest BCUT2D eigenvalue weighted by atomic mass is 9.88. The van der Waals surface area contributed by atoms with Gasteiger partial charge in [0.25, 0.3) is 5.91 Å². The highest BCUT2D eigenvalue weighted by Crippen LogP contribution is 2.50. The number of hydrogen-bond donors (Lipinski definition) is 1. The molecule has 1 spiro atoms. The number of benzene rings is 3. The van der Waals surface area contributed by atoms with E-state index in [2.05, 4.69) is 15.6 Å². The number of thioether (sulfide) groups is 1. The van der Waals surface area contributed by atoms with Crippen LogP contribution in [0.2, 0.25) is 0 Å². The first-order valence-corrected chi connectivity index (χ1v) is 11.5. The fraction of sp³-hybridized carbons (Fsp3) is 0.0741. The molecule has 3 aromatic carbocycles. The number of carbonyl (C=O) groups excluding carboxylic acids is 2. The van der Waals surface area contributed by atoms with Crippen LogP contribution in [-0.4, -0.2) is 21.8 Å². The Morgan fingerprint density at radius 3 is 2.36 bits per heavy atom. The van der Waals surface area contributed by atoms with Crippen LogP contribution in [0, 0.1) is 0 Å². The second-order valence-corrected chi connectivity index (χ2v) is 8.98. The van der Waals surface area contributed by atoms with Crippen molar-refractivity contribution in [3.8, 4) is 0 Å². The molecule has 33 heavy (non-hydrogen) atoms. The van der Waals surface area contributed by atoms with Gasteiger partial charge >= 0.3 is 0 Å². The van der Waals surface area contributed by atoms with Crippen LogP contribution in [0.1, 0.15) is 34.0 Å². The van der Waals surface area contributed by atoms with Crippen LogP contribution < -0.4 is 5.32 Å². The zero-order chi connectivity index (χ0) is 22.6. The monoisotopic (exact) mass is 449 g/mol. The number of fused-ring (bicyclic) bond motifs is 3. The number of para-hydroxylation sites is 1. The number of anilines is 1. The second kappa shape index (κ2) is 7.32. The van der Waals surface area contributed by atoms with Crippen LogP contribution in [-0.2, 0) is 10.3 Å². The Morgan fingerprint density at radius 1 is 0.909 bits per heavy atom. The van der Waals surface area contributed by atoms with Gasteiger partial charge in [-0.15, -0.1) is 0 Å². The van der Waals surface area contributed by atoms with Crippen molar-refractivity contribution in [3.63, 3.8) is 0 Å². The largest absolute Gasteiger partial charge is 0.323 e. The van der Waals surface area contributed by atoms with Gasteiger partial charge in [-0.2, -0.15) is 0 Å². The number of rotatable bonds is 3. The number of amidine groups is 1. The second-order valence-electron chi connectivity index (χ2n) is 8.15. The Morgan fingerprint density at radius 2 is 1.61 bits per heavy atom. The third kappa shape index (κ3) is 2.98. The molecule has 0 aromatic heterocycles. The summed E-state index contributed by atoms with van der Waals surface area (Å²) in [5, 5.41) is 5.80. The van der Waals surface area contributed by atoms with Gasteiger partial charge in [0.2, 0.25) is 0 Å². The number of amides is 1. The predicted octanol–water partition coefficient (Wildman–Crippen LogP) is 5.49.